The molecule has 0 amide bonds. The smallest absolute Gasteiger partial charge is 0.277 e. The zero-order chi connectivity index (χ0) is 16.6. The molecule has 1 N–H and O–H groups in total. The summed E-state index contributed by atoms with van der Waals surface area (Å²) < 4.78 is 1.53. The van der Waals surface area contributed by atoms with Crippen LogP contribution in [0, 0.1) is 10.1 Å². The van der Waals surface area contributed by atoms with Gasteiger partial charge in [-0.25, -0.2) is 4.98 Å². The average molecular weight is 313 g/mol. The number of hydrogen-bond acceptors (Lipinski definition) is 5. The molecule has 2 aromatic heterocycles. The zero-order valence-corrected chi connectivity index (χ0v) is 12.7. The van der Waals surface area contributed by atoms with Crippen molar-refractivity contribution in [1.82, 2.24) is 19.7 Å². The highest BCUT2D eigenvalue weighted by atomic mass is 16.6. The Bertz CT molecular complexity index is 940. The first-order valence-electron chi connectivity index (χ1n) is 7.22. The van der Waals surface area contributed by atoms with Gasteiger partial charge in [0.1, 0.15) is 11.3 Å². The van der Waals surface area contributed by atoms with E-state index in [9.17, 15) is 14.9 Å². The van der Waals surface area contributed by atoms with Crippen LogP contribution in [0.4, 0.5) is 5.69 Å². The van der Waals surface area contributed by atoms with E-state index in [0.717, 1.165) is 18.5 Å². The molecular weight excluding hydrogens is 298 g/mol. The molecule has 0 saturated carbocycles. The van der Waals surface area contributed by atoms with Gasteiger partial charge in [-0.05, 0) is 18.6 Å². The molecule has 8 nitrogen and oxygen atoms in total. The van der Waals surface area contributed by atoms with Gasteiger partial charge in [-0.2, -0.15) is 5.10 Å². The van der Waals surface area contributed by atoms with E-state index in [1.807, 2.05) is 6.92 Å². The minimum absolute atomic E-state index is 0.00905. The van der Waals surface area contributed by atoms with Crippen LogP contribution in [0.25, 0.3) is 22.4 Å². The average Bonchev–Trinajstić information content (AvgIpc) is 2.84. The molecule has 23 heavy (non-hydrogen) atoms. The van der Waals surface area contributed by atoms with Crippen LogP contribution in [0.5, 0.6) is 0 Å². The molecule has 0 spiro atoms. The van der Waals surface area contributed by atoms with Crippen molar-refractivity contribution in [3.05, 3.63) is 50.4 Å². The van der Waals surface area contributed by atoms with Gasteiger partial charge in [0.2, 0.25) is 0 Å². The molecule has 0 fully saturated rings. The maximum absolute atomic E-state index is 12.3. The molecule has 3 aromatic rings. The number of nitrogens with zero attached hydrogens (tertiary/aromatic N) is 4. The Labute approximate surface area is 130 Å². The van der Waals surface area contributed by atoms with E-state index in [1.165, 1.54) is 16.8 Å². The van der Waals surface area contributed by atoms with Gasteiger partial charge < -0.3 is 4.98 Å². The van der Waals surface area contributed by atoms with Crippen LogP contribution in [0.2, 0.25) is 0 Å². The van der Waals surface area contributed by atoms with Crippen LogP contribution in [0.15, 0.2) is 29.1 Å². The van der Waals surface area contributed by atoms with Crippen molar-refractivity contribution in [2.75, 3.05) is 0 Å². The van der Waals surface area contributed by atoms with Gasteiger partial charge in [-0.15, -0.1) is 0 Å². The summed E-state index contributed by atoms with van der Waals surface area (Å²) in [5.41, 5.74) is 2.11. The molecule has 0 aliphatic heterocycles. The van der Waals surface area contributed by atoms with Crippen molar-refractivity contribution >= 4 is 16.7 Å². The fourth-order valence-corrected chi connectivity index (χ4v) is 2.53. The minimum Gasteiger partial charge on any atom is -0.305 e. The Morgan fingerprint density at radius 1 is 1.30 bits per heavy atom. The van der Waals surface area contributed by atoms with Crippen molar-refractivity contribution in [2.24, 2.45) is 7.05 Å². The third kappa shape index (κ3) is 2.59. The van der Waals surface area contributed by atoms with E-state index in [2.05, 4.69) is 15.1 Å². The lowest BCUT2D eigenvalue weighted by Crippen LogP contribution is -2.12. The van der Waals surface area contributed by atoms with Gasteiger partial charge in [-0.1, -0.05) is 13.3 Å². The summed E-state index contributed by atoms with van der Waals surface area (Å²) in [5, 5.41) is 15.1. The van der Waals surface area contributed by atoms with E-state index in [-0.39, 0.29) is 11.2 Å². The Hall–Kier alpha value is -3.03. The fraction of sp³-hybridized carbons (Fsp3) is 0.267. The van der Waals surface area contributed by atoms with Crippen LogP contribution >= 0.6 is 0 Å². The van der Waals surface area contributed by atoms with Gasteiger partial charge in [0.05, 0.1) is 10.6 Å². The normalized spacial score (nSPS) is 11.0. The number of rotatable bonds is 4. The maximum atomic E-state index is 12.3. The third-order valence-electron chi connectivity index (χ3n) is 3.60. The Balaban J connectivity index is 2.16. The van der Waals surface area contributed by atoms with Crippen LogP contribution < -0.4 is 5.56 Å². The van der Waals surface area contributed by atoms with Gasteiger partial charge in [0.15, 0.2) is 5.52 Å². The Morgan fingerprint density at radius 3 is 2.61 bits per heavy atom. The predicted octanol–water partition coefficient (Wildman–Crippen LogP) is 2.18. The number of hydrogen-bond donors (Lipinski definition) is 1. The second kappa shape index (κ2) is 5.64. The quantitative estimate of drug-likeness (QED) is 0.587. The maximum Gasteiger partial charge on any atom is 0.277 e. The number of aromatic nitrogens is 4. The number of nitro groups is 1. The van der Waals surface area contributed by atoms with Crippen molar-refractivity contribution < 1.29 is 4.92 Å². The summed E-state index contributed by atoms with van der Waals surface area (Å²) in [6.07, 6.45) is 1.63. The fourth-order valence-electron chi connectivity index (χ4n) is 2.53. The van der Waals surface area contributed by atoms with E-state index in [4.69, 9.17) is 0 Å². The van der Waals surface area contributed by atoms with Crippen LogP contribution in [0.3, 0.4) is 0 Å². The molecule has 0 aliphatic rings. The number of aryl methyl sites for hydroxylation is 2. The summed E-state index contributed by atoms with van der Waals surface area (Å²) in [5.74, 6) is 0.378. The Kier molecular flexibility index (Phi) is 3.65. The SMILES string of the molecule is CCCc1nn(C)c2c(=O)[nH]c(-c3ccc([N+](=O)[O-])cc3)nc12. The highest BCUT2D eigenvalue weighted by Gasteiger charge is 2.15. The molecule has 3 rings (SSSR count). The second-order valence-corrected chi connectivity index (χ2v) is 5.24. The molecule has 118 valence electrons. The van der Waals surface area contributed by atoms with Crippen LogP contribution in [-0.2, 0) is 13.5 Å². The largest absolute Gasteiger partial charge is 0.305 e. The van der Waals surface area contributed by atoms with Crippen LogP contribution in [0.1, 0.15) is 19.0 Å². The van der Waals surface area contributed by atoms with E-state index < -0.39 is 4.92 Å². The highest BCUT2D eigenvalue weighted by Crippen LogP contribution is 2.21. The number of aromatic amines is 1. The molecule has 8 heteroatoms. The molecule has 0 atom stereocenters. The number of non-ortho nitro benzene ring substituents is 1. The molecule has 0 aliphatic carbocycles. The number of fused-ring (bicyclic) bond motifs is 1. The summed E-state index contributed by atoms with van der Waals surface area (Å²) in [4.78, 5) is 29.8. The minimum atomic E-state index is -0.469. The number of benzene rings is 1. The first-order chi connectivity index (χ1) is 11.0. The van der Waals surface area contributed by atoms with Crippen molar-refractivity contribution in [3.63, 3.8) is 0 Å². The van der Waals surface area contributed by atoms with E-state index in [0.29, 0.717) is 22.4 Å². The zero-order valence-electron chi connectivity index (χ0n) is 12.7. The summed E-state index contributed by atoms with van der Waals surface area (Å²) in [6, 6.07) is 5.90. The monoisotopic (exact) mass is 313 g/mol. The summed E-state index contributed by atoms with van der Waals surface area (Å²) in [6.45, 7) is 2.03. The molecule has 0 bridgehead atoms. The molecule has 0 radical (unpaired) electrons. The van der Waals surface area contributed by atoms with Gasteiger partial charge in [0.25, 0.3) is 11.2 Å². The number of nitro benzene ring substituents is 1. The number of H-pyrrole nitrogens is 1. The predicted molar refractivity (Wildman–Crippen MR) is 85.2 cm³/mol. The third-order valence-corrected chi connectivity index (χ3v) is 3.60. The lowest BCUT2D eigenvalue weighted by molar-refractivity contribution is -0.384. The second-order valence-electron chi connectivity index (χ2n) is 5.24. The summed E-state index contributed by atoms with van der Waals surface area (Å²) >= 11 is 0. The standard InChI is InChI=1S/C15H15N5O3/c1-3-4-11-12-13(19(2)18-11)15(21)17-14(16-12)9-5-7-10(8-6-9)20(22)23/h5-8H,3-4H2,1-2H3,(H,16,17,21). The lowest BCUT2D eigenvalue weighted by Gasteiger charge is -2.02. The first kappa shape index (κ1) is 14.9. The lowest BCUT2D eigenvalue weighted by atomic mass is 10.2. The van der Waals surface area contributed by atoms with E-state index in [1.54, 1.807) is 19.2 Å². The van der Waals surface area contributed by atoms with Crippen molar-refractivity contribution in [2.45, 2.75) is 19.8 Å². The molecule has 2 heterocycles. The Morgan fingerprint density at radius 2 is 2.00 bits per heavy atom. The molecular formula is C15H15N5O3. The van der Waals surface area contributed by atoms with Gasteiger partial charge in [-0.3, -0.25) is 19.6 Å². The first-order valence-corrected chi connectivity index (χ1v) is 7.22. The molecule has 0 saturated heterocycles. The molecule has 1 aromatic carbocycles. The highest BCUT2D eigenvalue weighted by molar-refractivity contribution is 5.78. The summed E-state index contributed by atoms with van der Waals surface area (Å²) in [7, 11) is 1.71. The topological polar surface area (TPSA) is 107 Å². The van der Waals surface area contributed by atoms with Gasteiger partial charge >= 0.3 is 0 Å². The van der Waals surface area contributed by atoms with Crippen molar-refractivity contribution in [1.29, 1.82) is 0 Å². The van der Waals surface area contributed by atoms with Crippen molar-refractivity contribution in [3.8, 4) is 11.4 Å². The number of nitrogens with one attached hydrogen (secondary N) is 1. The van der Waals surface area contributed by atoms with E-state index >= 15 is 0 Å². The molecule has 0 unspecified atom stereocenters. The van der Waals surface area contributed by atoms with Gasteiger partial charge in [0, 0.05) is 24.7 Å². The van der Waals surface area contributed by atoms with Crippen LogP contribution in [-0.4, -0.2) is 24.7 Å².